The third kappa shape index (κ3) is 4.02. The van der Waals surface area contributed by atoms with Crippen molar-refractivity contribution in [1.82, 2.24) is 14.4 Å². The van der Waals surface area contributed by atoms with Crippen molar-refractivity contribution in [1.29, 1.82) is 0 Å². The van der Waals surface area contributed by atoms with Gasteiger partial charge in [-0.2, -0.15) is 4.31 Å². The van der Waals surface area contributed by atoms with Crippen molar-refractivity contribution in [3.63, 3.8) is 0 Å². The van der Waals surface area contributed by atoms with Crippen LogP contribution in [-0.2, 0) is 10.0 Å². The van der Waals surface area contributed by atoms with Gasteiger partial charge in [0.05, 0.1) is 9.77 Å². The number of carbonyl (C=O) groups is 1. The Kier molecular flexibility index (Phi) is 5.60. The van der Waals surface area contributed by atoms with E-state index in [1.807, 2.05) is 24.4 Å². The van der Waals surface area contributed by atoms with Crippen LogP contribution in [0.5, 0.6) is 0 Å². The number of carbonyl (C=O) groups excluding carboxylic acids is 1. The standard InChI is InChI=1S/C19H18BrN3O4S2/c1-13-11-14(4-5-15(13)20)29(25,26)23-8-6-22(7-9-23)19(24)16-12-17(27-21-16)18-3-2-10-28-18/h2-5,10-12H,6-9H2,1H3. The lowest BCUT2D eigenvalue weighted by atomic mass is 10.2. The van der Waals surface area contributed by atoms with Gasteiger partial charge in [-0.1, -0.05) is 27.2 Å². The normalized spacial score (nSPS) is 15.6. The van der Waals surface area contributed by atoms with Gasteiger partial charge in [-0.05, 0) is 42.1 Å². The zero-order valence-electron chi connectivity index (χ0n) is 15.5. The number of hydrogen-bond donors (Lipinski definition) is 0. The van der Waals surface area contributed by atoms with Gasteiger partial charge in [0.25, 0.3) is 5.91 Å². The van der Waals surface area contributed by atoms with Crippen LogP contribution in [0.1, 0.15) is 16.1 Å². The summed E-state index contributed by atoms with van der Waals surface area (Å²) in [6.07, 6.45) is 0. The molecule has 0 bridgehead atoms. The van der Waals surface area contributed by atoms with E-state index >= 15 is 0 Å². The number of aromatic nitrogens is 1. The molecule has 7 nitrogen and oxygen atoms in total. The lowest BCUT2D eigenvalue weighted by Gasteiger charge is -2.33. The third-order valence-electron chi connectivity index (χ3n) is 4.79. The molecule has 0 spiro atoms. The molecule has 0 aliphatic carbocycles. The summed E-state index contributed by atoms with van der Waals surface area (Å²) >= 11 is 4.89. The lowest BCUT2D eigenvalue weighted by Crippen LogP contribution is -2.50. The summed E-state index contributed by atoms with van der Waals surface area (Å²) in [5.74, 6) is 0.295. The van der Waals surface area contributed by atoms with Gasteiger partial charge in [-0.15, -0.1) is 11.3 Å². The molecular formula is C19H18BrN3O4S2. The predicted octanol–water partition coefficient (Wildman–Crippen LogP) is 3.62. The van der Waals surface area contributed by atoms with E-state index in [1.165, 1.54) is 15.6 Å². The molecule has 0 N–H and O–H groups in total. The van der Waals surface area contributed by atoms with Crippen molar-refractivity contribution < 1.29 is 17.7 Å². The second kappa shape index (κ2) is 8.02. The van der Waals surface area contributed by atoms with Crippen LogP contribution in [0, 0.1) is 6.92 Å². The highest BCUT2D eigenvalue weighted by molar-refractivity contribution is 9.10. The van der Waals surface area contributed by atoms with E-state index in [4.69, 9.17) is 4.52 Å². The minimum atomic E-state index is -3.60. The predicted molar refractivity (Wildman–Crippen MR) is 113 cm³/mol. The fourth-order valence-corrected chi connectivity index (χ4v) is 5.56. The number of sulfonamides is 1. The first-order valence-corrected chi connectivity index (χ1v) is 12.0. The molecule has 3 aromatic rings. The first kappa shape index (κ1) is 20.3. The molecule has 1 aliphatic rings. The molecule has 2 aromatic heterocycles. The zero-order valence-corrected chi connectivity index (χ0v) is 18.8. The number of halogens is 1. The molecule has 1 aliphatic heterocycles. The van der Waals surface area contributed by atoms with E-state index < -0.39 is 10.0 Å². The average molecular weight is 496 g/mol. The van der Waals surface area contributed by atoms with Gasteiger partial charge in [-0.25, -0.2) is 8.42 Å². The van der Waals surface area contributed by atoms with Crippen LogP contribution in [0.15, 0.2) is 55.7 Å². The smallest absolute Gasteiger partial charge is 0.276 e. The van der Waals surface area contributed by atoms with Crippen molar-refractivity contribution in [3.8, 4) is 10.6 Å². The van der Waals surface area contributed by atoms with Crippen LogP contribution in [-0.4, -0.2) is 54.9 Å². The van der Waals surface area contributed by atoms with Crippen LogP contribution < -0.4 is 0 Å². The molecule has 1 fully saturated rings. The SMILES string of the molecule is Cc1cc(S(=O)(=O)N2CCN(C(=O)c3cc(-c4cccs4)on3)CC2)ccc1Br. The maximum Gasteiger partial charge on any atom is 0.276 e. The number of piperazine rings is 1. The van der Waals surface area contributed by atoms with E-state index in [0.29, 0.717) is 18.8 Å². The second-order valence-electron chi connectivity index (χ2n) is 6.66. The number of aryl methyl sites for hydroxylation is 1. The maximum absolute atomic E-state index is 12.9. The summed E-state index contributed by atoms with van der Waals surface area (Å²) in [6.45, 7) is 2.92. The third-order valence-corrected chi connectivity index (χ3v) is 8.46. The first-order valence-electron chi connectivity index (χ1n) is 8.92. The number of rotatable bonds is 4. The Bertz CT molecular complexity index is 1130. The maximum atomic E-state index is 12.9. The van der Waals surface area contributed by atoms with Crippen molar-refractivity contribution in [2.24, 2.45) is 0 Å². The number of amides is 1. The van der Waals surface area contributed by atoms with E-state index in [2.05, 4.69) is 21.1 Å². The van der Waals surface area contributed by atoms with Gasteiger partial charge in [-0.3, -0.25) is 4.79 Å². The highest BCUT2D eigenvalue weighted by Crippen LogP contribution is 2.26. The highest BCUT2D eigenvalue weighted by Gasteiger charge is 2.31. The molecule has 0 radical (unpaired) electrons. The molecule has 1 saturated heterocycles. The van der Waals surface area contributed by atoms with Crippen molar-refractivity contribution in [2.75, 3.05) is 26.2 Å². The summed E-state index contributed by atoms with van der Waals surface area (Å²) < 4.78 is 33.4. The fourth-order valence-electron chi connectivity index (χ4n) is 3.13. The van der Waals surface area contributed by atoms with E-state index in [-0.39, 0.29) is 29.6 Å². The van der Waals surface area contributed by atoms with E-state index in [0.717, 1.165) is 14.9 Å². The molecular weight excluding hydrogens is 478 g/mol. The number of benzene rings is 1. The van der Waals surface area contributed by atoms with Gasteiger partial charge in [0.1, 0.15) is 0 Å². The van der Waals surface area contributed by atoms with Crippen molar-refractivity contribution in [2.45, 2.75) is 11.8 Å². The zero-order chi connectivity index (χ0) is 20.6. The Morgan fingerprint density at radius 1 is 1.17 bits per heavy atom. The monoisotopic (exact) mass is 495 g/mol. The topological polar surface area (TPSA) is 83.7 Å². The minimum absolute atomic E-state index is 0.230. The summed E-state index contributed by atoms with van der Waals surface area (Å²) in [5, 5.41) is 5.81. The molecule has 152 valence electrons. The largest absolute Gasteiger partial charge is 0.355 e. The van der Waals surface area contributed by atoms with Gasteiger partial charge < -0.3 is 9.42 Å². The first-order chi connectivity index (χ1) is 13.9. The molecule has 1 aromatic carbocycles. The van der Waals surface area contributed by atoms with Crippen LogP contribution >= 0.6 is 27.3 Å². The summed E-state index contributed by atoms with van der Waals surface area (Å²) in [6, 6.07) is 10.4. The summed E-state index contributed by atoms with van der Waals surface area (Å²) in [5.41, 5.74) is 1.08. The Balaban J connectivity index is 1.43. The van der Waals surface area contributed by atoms with Gasteiger partial charge >= 0.3 is 0 Å². The lowest BCUT2D eigenvalue weighted by molar-refractivity contribution is 0.0687. The molecule has 29 heavy (non-hydrogen) atoms. The molecule has 0 unspecified atom stereocenters. The molecule has 3 heterocycles. The summed E-state index contributed by atoms with van der Waals surface area (Å²) in [7, 11) is -3.60. The van der Waals surface area contributed by atoms with Crippen LogP contribution in [0.4, 0.5) is 0 Å². The van der Waals surface area contributed by atoms with Crippen LogP contribution in [0.25, 0.3) is 10.6 Å². The van der Waals surface area contributed by atoms with Crippen molar-refractivity contribution in [3.05, 3.63) is 57.5 Å². The quantitative estimate of drug-likeness (QED) is 0.551. The Morgan fingerprint density at radius 3 is 2.59 bits per heavy atom. The fraction of sp³-hybridized carbons (Fsp3) is 0.263. The molecule has 1 amide bonds. The Labute approximate surface area is 181 Å². The van der Waals surface area contributed by atoms with Crippen LogP contribution in [0.2, 0.25) is 0 Å². The van der Waals surface area contributed by atoms with E-state index in [9.17, 15) is 13.2 Å². The Hall–Kier alpha value is -2.01. The number of thiophene rings is 1. The summed E-state index contributed by atoms with van der Waals surface area (Å²) in [4.78, 5) is 15.5. The highest BCUT2D eigenvalue weighted by atomic mass is 79.9. The molecule has 0 atom stereocenters. The molecule has 0 saturated carbocycles. The van der Waals surface area contributed by atoms with Gasteiger partial charge in [0, 0.05) is 36.7 Å². The number of nitrogens with zero attached hydrogens (tertiary/aromatic N) is 3. The van der Waals surface area contributed by atoms with E-state index in [1.54, 1.807) is 29.2 Å². The average Bonchev–Trinajstić information content (AvgIpc) is 3.41. The Morgan fingerprint density at radius 2 is 1.93 bits per heavy atom. The molecule has 4 rings (SSSR count). The molecule has 10 heteroatoms. The number of hydrogen-bond acceptors (Lipinski definition) is 6. The van der Waals surface area contributed by atoms with Gasteiger partial charge in [0.15, 0.2) is 11.5 Å². The van der Waals surface area contributed by atoms with Gasteiger partial charge in [0.2, 0.25) is 10.0 Å². The van der Waals surface area contributed by atoms with Crippen molar-refractivity contribution >= 4 is 43.2 Å². The second-order valence-corrected chi connectivity index (χ2v) is 10.4. The van der Waals surface area contributed by atoms with Crippen LogP contribution in [0.3, 0.4) is 0 Å². The minimum Gasteiger partial charge on any atom is -0.355 e.